The predicted octanol–water partition coefficient (Wildman–Crippen LogP) is -0.416. The van der Waals surface area contributed by atoms with Crippen LogP contribution < -0.4 is 10.6 Å². The van der Waals surface area contributed by atoms with Gasteiger partial charge in [-0.25, -0.2) is 0 Å². The molecule has 0 heterocycles. The van der Waals surface area contributed by atoms with Gasteiger partial charge < -0.3 is 19.9 Å². The van der Waals surface area contributed by atoms with Gasteiger partial charge in [-0.15, -0.1) is 0 Å². The third-order valence-corrected chi connectivity index (χ3v) is 4.12. The van der Waals surface area contributed by atoms with E-state index >= 15 is 0 Å². The first-order chi connectivity index (χ1) is 11.3. The van der Waals surface area contributed by atoms with Crippen molar-refractivity contribution in [2.24, 2.45) is 0 Å². The van der Waals surface area contributed by atoms with Gasteiger partial charge in [0.05, 0.1) is 26.7 Å². The summed E-state index contributed by atoms with van der Waals surface area (Å²) >= 11 is 0. The van der Waals surface area contributed by atoms with Crippen LogP contribution in [0.5, 0.6) is 0 Å². The molecule has 0 unspecified atom stereocenters. The summed E-state index contributed by atoms with van der Waals surface area (Å²) < 4.78 is 8.99. The molecule has 1 rings (SSSR count). The molecule has 0 radical (unpaired) electrons. The molecule has 1 aliphatic rings. The number of carboxylic acid groups (broad SMARTS) is 1. The number of nitrogens with one attached hydrogen (secondary N) is 2. The summed E-state index contributed by atoms with van der Waals surface area (Å²) in [7, 11) is 2.36. The van der Waals surface area contributed by atoms with E-state index in [-0.39, 0.29) is 13.0 Å². The number of carbonyl (C=O) groups is 4. The monoisotopic (exact) mass is 344 g/mol. The number of rotatable bonds is 8. The minimum absolute atomic E-state index is 0.335. The summed E-state index contributed by atoms with van der Waals surface area (Å²) in [4.78, 5) is 46.7. The topological polar surface area (TPSA) is 131 Å². The lowest BCUT2D eigenvalue weighted by atomic mass is 9.81. The van der Waals surface area contributed by atoms with Crippen molar-refractivity contribution in [1.29, 1.82) is 0 Å². The van der Waals surface area contributed by atoms with Crippen LogP contribution in [-0.2, 0) is 28.7 Å². The van der Waals surface area contributed by atoms with Gasteiger partial charge in [0.25, 0.3) is 0 Å². The maximum atomic E-state index is 12.3. The number of hydrogen-bond donors (Lipinski definition) is 3. The van der Waals surface area contributed by atoms with Gasteiger partial charge in [-0.2, -0.15) is 0 Å². The van der Waals surface area contributed by atoms with Gasteiger partial charge in [-0.1, -0.05) is 19.3 Å². The molecule has 0 aliphatic heterocycles. The van der Waals surface area contributed by atoms with Crippen LogP contribution in [0.1, 0.15) is 38.5 Å². The van der Waals surface area contributed by atoms with Crippen molar-refractivity contribution in [3.63, 3.8) is 0 Å². The zero-order valence-corrected chi connectivity index (χ0v) is 13.9. The molecule has 1 aliphatic carbocycles. The molecule has 0 saturated heterocycles. The fraction of sp³-hybridized carbons (Fsp3) is 0.733. The maximum absolute atomic E-state index is 12.3. The van der Waals surface area contributed by atoms with E-state index in [2.05, 4.69) is 20.1 Å². The second-order valence-electron chi connectivity index (χ2n) is 5.72. The smallest absolute Gasteiger partial charge is 0.325 e. The number of amides is 1. The summed E-state index contributed by atoms with van der Waals surface area (Å²) in [5, 5.41) is 14.7. The SMILES string of the molecule is COC(=O)CNC(=O)[C@H](CC(=O)OC)NC1(C(=O)O)CCCCC1. The fourth-order valence-electron chi connectivity index (χ4n) is 2.72. The van der Waals surface area contributed by atoms with Gasteiger partial charge in [0.1, 0.15) is 12.1 Å². The molecule has 3 N–H and O–H groups in total. The predicted molar refractivity (Wildman–Crippen MR) is 82.0 cm³/mol. The molecule has 136 valence electrons. The Balaban J connectivity index is 2.86. The lowest BCUT2D eigenvalue weighted by Gasteiger charge is -2.36. The van der Waals surface area contributed by atoms with Crippen LogP contribution in [0.25, 0.3) is 0 Å². The first-order valence-electron chi connectivity index (χ1n) is 7.77. The molecule has 1 amide bonds. The van der Waals surface area contributed by atoms with E-state index in [1.807, 2.05) is 0 Å². The van der Waals surface area contributed by atoms with Crippen molar-refractivity contribution in [2.45, 2.75) is 50.1 Å². The Labute approximate surface area is 140 Å². The van der Waals surface area contributed by atoms with Gasteiger partial charge >= 0.3 is 17.9 Å². The van der Waals surface area contributed by atoms with Crippen LogP contribution in [0.4, 0.5) is 0 Å². The number of esters is 2. The van der Waals surface area contributed by atoms with Crippen LogP contribution in [0.3, 0.4) is 0 Å². The zero-order valence-electron chi connectivity index (χ0n) is 13.9. The molecule has 0 aromatic rings. The number of carboxylic acids is 1. The van der Waals surface area contributed by atoms with Crippen molar-refractivity contribution < 1.29 is 33.8 Å². The van der Waals surface area contributed by atoms with E-state index in [0.29, 0.717) is 25.7 Å². The number of carbonyl (C=O) groups excluding carboxylic acids is 3. The number of hydrogen-bond acceptors (Lipinski definition) is 7. The van der Waals surface area contributed by atoms with Gasteiger partial charge in [-0.3, -0.25) is 24.5 Å². The minimum Gasteiger partial charge on any atom is -0.480 e. The van der Waals surface area contributed by atoms with Crippen LogP contribution in [0, 0.1) is 0 Å². The first kappa shape index (κ1) is 19.9. The summed E-state index contributed by atoms with van der Waals surface area (Å²) in [5.41, 5.74) is -1.26. The van der Waals surface area contributed by atoms with Gasteiger partial charge in [-0.05, 0) is 12.8 Å². The van der Waals surface area contributed by atoms with Crippen LogP contribution in [-0.4, -0.2) is 61.3 Å². The summed E-state index contributed by atoms with van der Waals surface area (Å²) in [5.74, 6) is -3.02. The largest absolute Gasteiger partial charge is 0.480 e. The van der Waals surface area contributed by atoms with Crippen LogP contribution in [0.15, 0.2) is 0 Å². The molecule has 0 spiro atoms. The highest BCUT2D eigenvalue weighted by atomic mass is 16.5. The quantitative estimate of drug-likeness (QED) is 0.506. The molecule has 9 nitrogen and oxygen atoms in total. The summed E-state index contributed by atoms with van der Waals surface area (Å²) in [6.07, 6.45) is 2.75. The first-order valence-corrected chi connectivity index (χ1v) is 7.77. The highest BCUT2D eigenvalue weighted by Gasteiger charge is 2.43. The highest BCUT2D eigenvalue weighted by molar-refractivity contribution is 5.90. The van der Waals surface area contributed by atoms with E-state index in [1.165, 1.54) is 14.2 Å². The highest BCUT2D eigenvalue weighted by Crippen LogP contribution is 2.29. The molecule has 9 heteroatoms. The molecule has 0 aromatic heterocycles. The number of methoxy groups -OCH3 is 2. The molecule has 1 atom stereocenters. The fourth-order valence-corrected chi connectivity index (χ4v) is 2.72. The Kier molecular flexibility index (Phi) is 7.63. The van der Waals surface area contributed by atoms with Crippen molar-refractivity contribution >= 4 is 23.8 Å². The van der Waals surface area contributed by atoms with E-state index in [4.69, 9.17) is 0 Å². The second-order valence-corrected chi connectivity index (χ2v) is 5.72. The molecular weight excluding hydrogens is 320 g/mol. The van der Waals surface area contributed by atoms with Crippen molar-refractivity contribution in [3.05, 3.63) is 0 Å². The average molecular weight is 344 g/mol. The molecule has 0 aromatic carbocycles. The van der Waals surface area contributed by atoms with Gasteiger partial charge in [0.15, 0.2) is 0 Å². The van der Waals surface area contributed by atoms with E-state index in [0.717, 1.165) is 6.42 Å². The van der Waals surface area contributed by atoms with E-state index < -0.39 is 35.4 Å². The van der Waals surface area contributed by atoms with Gasteiger partial charge in [0.2, 0.25) is 5.91 Å². The lowest BCUT2D eigenvalue weighted by Crippen LogP contribution is -2.61. The van der Waals surface area contributed by atoms with Crippen molar-refractivity contribution in [2.75, 3.05) is 20.8 Å². The normalized spacial score (nSPS) is 17.4. The Hall–Kier alpha value is -2.16. The molecule has 0 bridgehead atoms. The van der Waals surface area contributed by atoms with Gasteiger partial charge in [0, 0.05) is 0 Å². The van der Waals surface area contributed by atoms with Crippen LogP contribution in [0.2, 0.25) is 0 Å². The Morgan fingerprint density at radius 2 is 1.62 bits per heavy atom. The standard InChI is InChI=1S/C15H24N2O7/c1-23-11(18)8-10(13(20)16-9-12(19)24-2)17-15(14(21)22)6-4-3-5-7-15/h10,17H,3-9H2,1-2H3,(H,16,20)(H,21,22)/t10-/m0/s1. The minimum atomic E-state index is -1.26. The number of ether oxygens (including phenoxy) is 2. The third-order valence-electron chi connectivity index (χ3n) is 4.12. The molecule has 24 heavy (non-hydrogen) atoms. The lowest BCUT2D eigenvalue weighted by molar-refractivity contribution is -0.150. The Morgan fingerprint density at radius 1 is 1.04 bits per heavy atom. The number of aliphatic carboxylic acids is 1. The molecular formula is C15H24N2O7. The molecule has 1 saturated carbocycles. The second kappa shape index (κ2) is 9.21. The third kappa shape index (κ3) is 5.48. The van der Waals surface area contributed by atoms with Crippen LogP contribution >= 0.6 is 0 Å². The van der Waals surface area contributed by atoms with E-state index in [9.17, 15) is 24.3 Å². The average Bonchev–Trinajstić information content (AvgIpc) is 2.59. The van der Waals surface area contributed by atoms with Crippen molar-refractivity contribution in [3.8, 4) is 0 Å². The Morgan fingerprint density at radius 3 is 2.12 bits per heavy atom. The Bertz CT molecular complexity index is 486. The van der Waals surface area contributed by atoms with E-state index in [1.54, 1.807) is 0 Å². The molecule has 1 fully saturated rings. The summed E-state index contributed by atoms with van der Waals surface area (Å²) in [6, 6.07) is -1.11. The summed E-state index contributed by atoms with van der Waals surface area (Å²) in [6.45, 7) is -0.366. The zero-order chi connectivity index (χ0) is 18.2. The van der Waals surface area contributed by atoms with Crippen molar-refractivity contribution in [1.82, 2.24) is 10.6 Å². The maximum Gasteiger partial charge on any atom is 0.325 e.